The van der Waals surface area contributed by atoms with Crippen molar-refractivity contribution in [1.29, 1.82) is 0 Å². The molecule has 1 amide bonds. The summed E-state index contributed by atoms with van der Waals surface area (Å²) in [6, 6.07) is 16.7. The van der Waals surface area contributed by atoms with E-state index in [1.165, 1.54) is 7.11 Å². The van der Waals surface area contributed by atoms with Gasteiger partial charge in [-0.3, -0.25) is 24.4 Å². The minimum absolute atomic E-state index is 0.0905. The Morgan fingerprint density at radius 1 is 0.951 bits per heavy atom. The average Bonchev–Trinajstić information content (AvgIpc) is 3.30. The highest BCUT2D eigenvalue weighted by atomic mass is 16.5. The van der Waals surface area contributed by atoms with Crippen molar-refractivity contribution in [2.45, 2.75) is 58.3 Å². The number of benzene rings is 2. The second-order valence-electron chi connectivity index (χ2n) is 11.1. The fraction of sp³-hybridized carbons (Fsp3) is 0.441. The first-order valence-electron chi connectivity index (χ1n) is 14.7. The van der Waals surface area contributed by atoms with E-state index in [9.17, 15) is 14.4 Å². The number of carbonyl (C=O) groups is 3. The molecule has 3 unspecified atom stereocenters. The second kappa shape index (κ2) is 14.7. The number of ketones is 2. The number of rotatable bonds is 11. The Morgan fingerprint density at radius 2 is 1.63 bits per heavy atom. The van der Waals surface area contributed by atoms with Crippen LogP contribution in [-0.2, 0) is 9.53 Å². The molecular weight excluding hydrogens is 514 g/mol. The number of amides is 1. The summed E-state index contributed by atoms with van der Waals surface area (Å²) in [5.74, 6) is 0.696. The molecule has 1 aliphatic heterocycles. The van der Waals surface area contributed by atoms with E-state index < -0.39 is 0 Å². The Kier molecular flexibility index (Phi) is 10.8. The Bertz CT molecular complexity index is 1290. The molecule has 1 aliphatic carbocycles. The highest BCUT2D eigenvalue weighted by Gasteiger charge is 2.33. The Hall–Kier alpha value is -3.87. The molecule has 2 aromatic rings. The first kappa shape index (κ1) is 30.1. The molecule has 0 saturated heterocycles. The van der Waals surface area contributed by atoms with E-state index in [2.05, 4.69) is 22.2 Å². The third-order valence-corrected chi connectivity index (χ3v) is 8.46. The second-order valence-corrected chi connectivity index (χ2v) is 11.1. The lowest BCUT2D eigenvalue weighted by Crippen LogP contribution is -2.38. The number of allylic oxidation sites excluding steroid dienone is 2. The molecule has 0 aromatic heterocycles. The van der Waals surface area contributed by atoms with Crippen LogP contribution in [0.15, 0.2) is 76.0 Å². The van der Waals surface area contributed by atoms with Crippen molar-refractivity contribution >= 4 is 29.9 Å². The number of hydrogen-bond donors (Lipinski definition) is 1. The number of carbonyl (C=O) groups excluding carboxylic acids is 3. The summed E-state index contributed by atoms with van der Waals surface area (Å²) in [6.07, 6.45) is 7.43. The van der Waals surface area contributed by atoms with Gasteiger partial charge in [-0.05, 0) is 43.1 Å². The van der Waals surface area contributed by atoms with Crippen LogP contribution in [0, 0.1) is 17.8 Å². The Balaban J connectivity index is 1.42. The molecule has 216 valence electrons. The van der Waals surface area contributed by atoms with Crippen molar-refractivity contribution in [2.24, 2.45) is 27.7 Å². The molecule has 2 aliphatic rings. The molecule has 1 fully saturated rings. The van der Waals surface area contributed by atoms with Crippen LogP contribution in [-0.4, -0.2) is 50.1 Å². The van der Waals surface area contributed by atoms with Crippen LogP contribution in [0.1, 0.15) is 84.6 Å². The van der Waals surface area contributed by atoms with Crippen molar-refractivity contribution in [3.8, 4) is 0 Å². The third-order valence-electron chi connectivity index (χ3n) is 8.46. The smallest absolute Gasteiger partial charge is 0.227 e. The summed E-state index contributed by atoms with van der Waals surface area (Å²) in [5.41, 5.74) is 2.47. The largest absolute Gasteiger partial charge is 0.499 e. The minimum atomic E-state index is -0.257. The standard InChI is InChI=1S/C34H41N3O4/c1-4-31(41-3)32(33(39)24-10-6-5-7-11-24)37-34(40)26-15-14-23(2)25(20-26)16-17-30(38)29-13-9-8-12-28(29)27-21-35-18-19-36-22-27/h5-13,18-19,23,25-27H,4,14-17,20-22H2,1-3H3,(H,37,40)/b32-31+. The first-order chi connectivity index (χ1) is 19.9. The molecule has 2 aromatic carbocycles. The number of methoxy groups -OCH3 is 1. The molecule has 7 nitrogen and oxygen atoms in total. The summed E-state index contributed by atoms with van der Waals surface area (Å²) < 4.78 is 5.49. The van der Waals surface area contributed by atoms with Gasteiger partial charge in [0.2, 0.25) is 11.7 Å². The van der Waals surface area contributed by atoms with Gasteiger partial charge in [0.05, 0.1) is 7.11 Å². The van der Waals surface area contributed by atoms with Gasteiger partial charge in [0.15, 0.2) is 5.78 Å². The number of nitrogens with one attached hydrogen (secondary N) is 1. The lowest BCUT2D eigenvalue weighted by atomic mass is 9.72. The minimum Gasteiger partial charge on any atom is -0.499 e. The van der Waals surface area contributed by atoms with Crippen molar-refractivity contribution in [3.05, 3.63) is 82.7 Å². The topological polar surface area (TPSA) is 97.2 Å². The van der Waals surface area contributed by atoms with Crippen LogP contribution in [0.25, 0.3) is 0 Å². The monoisotopic (exact) mass is 555 g/mol. The van der Waals surface area contributed by atoms with Crippen LogP contribution in [0.5, 0.6) is 0 Å². The lowest BCUT2D eigenvalue weighted by Gasteiger charge is -2.34. The Labute approximate surface area is 243 Å². The molecule has 1 heterocycles. The molecule has 0 radical (unpaired) electrons. The summed E-state index contributed by atoms with van der Waals surface area (Å²) in [5, 5.41) is 2.94. The van der Waals surface area contributed by atoms with E-state index in [1.807, 2.05) is 37.3 Å². The zero-order valence-corrected chi connectivity index (χ0v) is 24.3. The molecule has 41 heavy (non-hydrogen) atoms. The van der Waals surface area contributed by atoms with E-state index in [1.54, 1.807) is 36.7 Å². The fourth-order valence-corrected chi connectivity index (χ4v) is 5.97. The molecule has 1 saturated carbocycles. The summed E-state index contributed by atoms with van der Waals surface area (Å²) in [7, 11) is 1.52. The maximum atomic E-state index is 13.5. The lowest BCUT2D eigenvalue weighted by molar-refractivity contribution is -0.126. The molecule has 3 atom stereocenters. The predicted molar refractivity (Wildman–Crippen MR) is 163 cm³/mol. The van der Waals surface area contributed by atoms with E-state index in [4.69, 9.17) is 4.74 Å². The molecule has 7 heteroatoms. The normalized spacial score (nSPS) is 21.5. The van der Waals surface area contributed by atoms with E-state index >= 15 is 0 Å². The van der Waals surface area contributed by atoms with Gasteiger partial charge in [0, 0.05) is 61.3 Å². The summed E-state index contributed by atoms with van der Waals surface area (Å²) in [4.78, 5) is 49.0. The molecule has 0 bridgehead atoms. The zero-order valence-electron chi connectivity index (χ0n) is 24.3. The number of ether oxygens (including phenoxy) is 1. The highest BCUT2D eigenvalue weighted by molar-refractivity contribution is 6.16. The molecular formula is C34H41N3O4. The zero-order chi connectivity index (χ0) is 29.2. The number of Topliss-reactive ketones (excluding diaryl/α,β-unsaturated/α-hetero) is 2. The van der Waals surface area contributed by atoms with Crippen molar-refractivity contribution in [2.75, 3.05) is 20.2 Å². The van der Waals surface area contributed by atoms with Crippen molar-refractivity contribution in [1.82, 2.24) is 5.32 Å². The number of nitrogens with zero attached hydrogens (tertiary/aromatic N) is 2. The fourth-order valence-electron chi connectivity index (χ4n) is 5.97. The molecule has 0 spiro atoms. The molecule has 1 N–H and O–H groups in total. The highest BCUT2D eigenvalue weighted by Crippen LogP contribution is 2.37. The first-order valence-corrected chi connectivity index (χ1v) is 14.7. The van der Waals surface area contributed by atoms with Crippen LogP contribution in [0.4, 0.5) is 0 Å². The molecule has 4 rings (SSSR count). The van der Waals surface area contributed by atoms with E-state index in [0.29, 0.717) is 49.6 Å². The van der Waals surface area contributed by atoms with Gasteiger partial charge in [-0.2, -0.15) is 0 Å². The average molecular weight is 556 g/mol. The number of aliphatic imine (C=N–C) groups is 2. The predicted octanol–water partition coefficient (Wildman–Crippen LogP) is 6.21. The van der Waals surface area contributed by atoms with Gasteiger partial charge in [-0.15, -0.1) is 0 Å². The van der Waals surface area contributed by atoms with Gasteiger partial charge in [-0.1, -0.05) is 68.4 Å². The van der Waals surface area contributed by atoms with Gasteiger partial charge >= 0.3 is 0 Å². The number of hydrogen-bond acceptors (Lipinski definition) is 6. The Morgan fingerprint density at radius 3 is 2.32 bits per heavy atom. The van der Waals surface area contributed by atoms with Crippen LogP contribution in [0.3, 0.4) is 0 Å². The van der Waals surface area contributed by atoms with Gasteiger partial charge < -0.3 is 10.1 Å². The van der Waals surface area contributed by atoms with Gasteiger partial charge in [0.25, 0.3) is 0 Å². The summed E-state index contributed by atoms with van der Waals surface area (Å²) >= 11 is 0. The van der Waals surface area contributed by atoms with E-state index in [-0.39, 0.29) is 40.9 Å². The van der Waals surface area contributed by atoms with Gasteiger partial charge in [0.1, 0.15) is 11.5 Å². The van der Waals surface area contributed by atoms with Crippen LogP contribution >= 0.6 is 0 Å². The van der Waals surface area contributed by atoms with E-state index in [0.717, 1.165) is 30.4 Å². The van der Waals surface area contributed by atoms with Crippen LogP contribution in [0.2, 0.25) is 0 Å². The SMILES string of the molecule is CC/C(OC)=C(\NC(=O)C1CCC(C)C(CCC(=O)c2ccccc2C2CN=CC=NC2)C1)C(=O)c1ccccc1. The maximum absolute atomic E-state index is 13.5. The quantitative estimate of drug-likeness (QED) is 0.203. The maximum Gasteiger partial charge on any atom is 0.227 e. The third kappa shape index (κ3) is 7.66. The summed E-state index contributed by atoms with van der Waals surface area (Å²) in [6.45, 7) is 5.34. The van der Waals surface area contributed by atoms with Crippen LogP contribution < -0.4 is 5.32 Å². The van der Waals surface area contributed by atoms with Crippen molar-refractivity contribution < 1.29 is 19.1 Å². The van der Waals surface area contributed by atoms with Gasteiger partial charge in [-0.25, -0.2) is 0 Å². The van der Waals surface area contributed by atoms with Crippen molar-refractivity contribution in [3.63, 3.8) is 0 Å².